The van der Waals surface area contributed by atoms with Crippen LogP contribution in [0.25, 0.3) is 10.2 Å². The van der Waals surface area contributed by atoms with E-state index in [0.29, 0.717) is 10.9 Å². The summed E-state index contributed by atoms with van der Waals surface area (Å²) in [5.74, 6) is 0.632. The van der Waals surface area contributed by atoms with E-state index in [0.717, 1.165) is 15.8 Å². The molecular formula is C16H12N2O2S2. The molecular weight excluding hydrogens is 316 g/mol. The maximum atomic E-state index is 12.3. The van der Waals surface area contributed by atoms with Gasteiger partial charge in [-0.3, -0.25) is 9.69 Å². The van der Waals surface area contributed by atoms with Crippen LogP contribution < -0.4 is 4.90 Å². The summed E-state index contributed by atoms with van der Waals surface area (Å²) in [7, 11) is 0. The fourth-order valence-corrected chi connectivity index (χ4v) is 4.78. The standard InChI is InChI=1S/C16H12N2O2S2/c19-12-7-3-1-5-10(12)15-18(14(20)9-21-15)16-17-11-6-2-4-8-13(11)22-16/h1-8,15,19H,9H2. The number of aromatic nitrogens is 1. The van der Waals surface area contributed by atoms with Crippen LogP contribution in [0.3, 0.4) is 0 Å². The highest BCUT2D eigenvalue weighted by Gasteiger charge is 2.37. The van der Waals surface area contributed by atoms with Crippen LogP contribution in [0.15, 0.2) is 48.5 Å². The maximum Gasteiger partial charge on any atom is 0.240 e. The van der Waals surface area contributed by atoms with Crippen LogP contribution in [-0.4, -0.2) is 21.8 Å². The maximum absolute atomic E-state index is 12.3. The van der Waals surface area contributed by atoms with E-state index in [-0.39, 0.29) is 17.0 Å². The van der Waals surface area contributed by atoms with Crippen LogP contribution in [0, 0.1) is 0 Å². The molecule has 0 aliphatic carbocycles. The molecule has 4 nitrogen and oxygen atoms in total. The molecule has 1 saturated heterocycles. The van der Waals surface area contributed by atoms with Gasteiger partial charge in [-0.15, -0.1) is 11.8 Å². The quantitative estimate of drug-likeness (QED) is 0.778. The predicted octanol–water partition coefficient (Wildman–Crippen LogP) is 3.78. The van der Waals surface area contributed by atoms with Gasteiger partial charge in [0.1, 0.15) is 11.1 Å². The van der Waals surface area contributed by atoms with E-state index in [1.807, 2.05) is 36.4 Å². The summed E-state index contributed by atoms with van der Waals surface area (Å²) >= 11 is 3.02. The van der Waals surface area contributed by atoms with Crippen molar-refractivity contribution in [2.45, 2.75) is 5.37 Å². The molecule has 1 fully saturated rings. The van der Waals surface area contributed by atoms with Gasteiger partial charge >= 0.3 is 0 Å². The van der Waals surface area contributed by atoms with E-state index in [4.69, 9.17) is 0 Å². The lowest BCUT2D eigenvalue weighted by atomic mass is 10.2. The first kappa shape index (κ1) is 13.6. The van der Waals surface area contributed by atoms with E-state index in [2.05, 4.69) is 4.98 Å². The highest BCUT2D eigenvalue weighted by Crippen LogP contribution is 2.46. The number of phenolic OH excluding ortho intramolecular Hbond substituents is 1. The zero-order valence-corrected chi connectivity index (χ0v) is 13.1. The lowest BCUT2D eigenvalue weighted by Gasteiger charge is -2.22. The number of hydrogen-bond donors (Lipinski definition) is 1. The van der Waals surface area contributed by atoms with Gasteiger partial charge in [-0.05, 0) is 18.2 Å². The van der Waals surface area contributed by atoms with Crippen molar-refractivity contribution in [2.24, 2.45) is 0 Å². The van der Waals surface area contributed by atoms with Crippen LogP contribution >= 0.6 is 23.1 Å². The Morgan fingerprint density at radius 2 is 1.91 bits per heavy atom. The van der Waals surface area contributed by atoms with Gasteiger partial charge in [-0.25, -0.2) is 4.98 Å². The van der Waals surface area contributed by atoms with Crippen molar-refractivity contribution in [1.29, 1.82) is 0 Å². The number of aromatic hydroxyl groups is 1. The van der Waals surface area contributed by atoms with Crippen molar-refractivity contribution in [2.75, 3.05) is 10.7 Å². The summed E-state index contributed by atoms with van der Waals surface area (Å²) in [5.41, 5.74) is 1.64. The molecule has 1 aliphatic rings. The second-order valence-corrected chi connectivity index (χ2v) is 7.03. The third kappa shape index (κ3) is 2.15. The zero-order valence-electron chi connectivity index (χ0n) is 11.5. The number of amides is 1. The fraction of sp³-hybridized carbons (Fsp3) is 0.125. The van der Waals surface area contributed by atoms with Gasteiger partial charge in [0.2, 0.25) is 5.91 Å². The number of benzene rings is 2. The van der Waals surface area contributed by atoms with Gasteiger partial charge in [-0.2, -0.15) is 0 Å². The van der Waals surface area contributed by atoms with Crippen LogP contribution in [0.4, 0.5) is 5.13 Å². The molecule has 1 N–H and O–H groups in total. The summed E-state index contributed by atoms with van der Waals surface area (Å²) < 4.78 is 1.05. The van der Waals surface area contributed by atoms with Gasteiger partial charge in [0.25, 0.3) is 0 Å². The number of hydrogen-bond acceptors (Lipinski definition) is 5. The van der Waals surface area contributed by atoms with Crippen molar-refractivity contribution in [3.63, 3.8) is 0 Å². The Labute approximate surface area is 135 Å². The molecule has 1 atom stereocenters. The molecule has 3 aromatic rings. The van der Waals surface area contributed by atoms with Gasteiger partial charge in [0.15, 0.2) is 5.13 Å². The lowest BCUT2D eigenvalue weighted by Crippen LogP contribution is -2.27. The van der Waals surface area contributed by atoms with Gasteiger partial charge < -0.3 is 5.11 Å². The summed E-state index contributed by atoms with van der Waals surface area (Å²) in [6.07, 6.45) is 0. The van der Waals surface area contributed by atoms with E-state index < -0.39 is 0 Å². The summed E-state index contributed by atoms with van der Waals surface area (Å²) in [4.78, 5) is 18.6. The molecule has 2 aromatic carbocycles. The second-order valence-electron chi connectivity index (χ2n) is 4.95. The van der Waals surface area contributed by atoms with E-state index >= 15 is 0 Å². The third-order valence-corrected chi connectivity index (χ3v) is 5.79. The van der Waals surface area contributed by atoms with E-state index in [1.54, 1.807) is 17.0 Å². The Morgan fingerprint density at radius 3 is 2.73 bits per heavy atom. The molecule has 1 aliphatic heterocycles. The number of rotatable bonds is 2. The van der Waals surface area contributed by atoms with Gasteiger partial charge in [-0.1, -0.05) is 41.7 Å². The molecule has 4 rings (SSSR count). The molecule has 6 heteroatoms. The molecule has 110 valence electrons. The van der Waals surface area contributed by atoms with Gasteiger partial charge in [0, 0.05) is 5.56 Å². The minimum absolute atomic E-state index is 0.0253. The number of fused-ring (bicyclic) bond motifs is 1. The Hall–Kier alpha value is -2.05. The molecule has 1 aromatic heterocycles. The number of thioether (sulfide) groups is 1. The van der Waals surface area contributed by atoms with Gasteiger partial charge in [0.05, 0.1) is 16.0 Å². The zero-order chi connectivity index (χ0) is 15.1. The highest BCUT2D eigenvalue weighted by molar-refractivity contribution is 8.00. The van der Waals surface area contributed by atoms with E-state index in [9.17, 15) is 9.90 Å². The SMILES string of the molecule is O=C1CSC(c2ccccc2O)N1c1nc2ccccc2s1. The number of carbonyl (C=O) groups is 1. The van der Waals surface area contributed by atoms with Crippen molar-refractivity contribution >= 4 is 44.4 Å². The number of anilines is 1. The van der Waals surface area contributed by atoms with Crippen molar-refractivity contribution < 1.29 is 9.90 Å². The predicted molar refractivity (Wildman–Crippen MR) is 90.4 cm³/mol. The first-order chi connectivity index (χ1) is 10.7. The van der Waals surface area contributed by atoms with Crippen LogP contribution in [0.1, 0.15) is 10.9 Å². The molecule has 0 radical (unpaired) electrons. The third-order valence-electron chi connectivity index (χ3n) is 3.56. The smallest absolute Gasteiger partial charge is 0.240 e. The van der Waals surface area contributed by atoms with Crippen LogP contribution in [0.5, 0.6) is 5.75 Å². The fourth-order valence-electron chi connectivity index (χ4n) is 2.52. The minimum Gasteiger partial charge on any atom is -0.508 e. The second kappa shape index (κ2) is 5.30. The number of para-hydroxylation sites is 2. The molecule has 2 heterocycles. The Bertz CT molecular complexity index is 829. The minimum atomic E-state index is -0.228. The van der Waals surface area contributed by atoms with Crippen molar-refractivity contribution in [3.05, 3.63) is 54.1 Å². The largest absolute Gasteiger partial charge is 0.508 e. The molecule has 0 saturated carbocycles. The topological polar surface area (TPSA) is 53.4 Å². The highest BCUT2D eigenvalue weighted by atomic mass is 32.2. The van der Waals surface area contributed by atoms with Crippen molar-refractivity contribution in [3.8, 4) is 5.75 Å². The summed E-state index contributed by atoms with van der Waals surface area (Å²) in [6, 6.07) is 15.0. The monoisotopic (exact) mass is 328 g/mol. The summed E-state index contributed by atoms with van der Waals surface area (Å²) in [5, 5.41) is 10.6. The number of carbonyl (C=O) groups excluding carboxylic acids is 1. The summed E-state index contributed by atoms with van der Waals surface area (Å²) in [6.45, 7) is 0. The molecule has 1 amide bonds. The first-order valence-corrected chi connectivity index (χ1v) is 8.68. The normalized spacial score (nSPS) is 18.3. The number of phenols is 1. The number of thiazole rings is 1. The first-order valence-electron chi connectivity index (χ1n) is 6.81. The van der Waals surface area contributed by atoms with Crippen LogP contribution in [-0.2, 0) is 4.79 Å². The Kier molecular flexibility index (Phi) is 3.28. The van der Waals surface area contributed by atoms with E-state index in [1.165, 1.54) is 23.1 Å². The van der Waals surface area contributed by atoms with Crippen LogP contribution in [0.2, 0.25) is 0 Å². The Balaban J connectivity index is 1.80. The molecule has 1 unspecified atom stereocenters. The Morgan fingerprint density at radius 1 is 1.14 bits per heavy atom. The van der Waals surface area contributed by atoms with Crippen molar-refractivity contribution in [1.82, 2.24) is 4.98 Å². The molecule has 0 spiro atoms. The average Bonchev–Trinajstić information content (AvgIpc) is 3.10. The molecule has 0 bridgehead atoms. The lowest BCUT2D eigenvalue weighted by molar-refractivity contribution is -0.115. The number of nitrogens with zero attached hydrogens (tertiary/aromatic N) is 2. The average molecular weight is 328 g/mol. The molecule has 22 heavy (non-hydrogen) atoms.